The molecule has 0 saturated heterocycles. The molecule has 0 heterocycles. The number of hydrogen-bond donors (Lipinski definition) is 1. The van der Waals surface area contributed by atoms with Crippen LogP contribution < -0.4 is 4.74 Å². The number of ether oxygens (including phenoxy) is 2. The van der Waals surface area contributed by atoms with E-state index < -0.39 is 0 Å². The van der Waals surface area contributed by atoms with Crippen molar-refractivity contribution >= 4 is 5.97 Å². The molecule has 4 nitrogen and oxygen atoms in total. The number of carbonyl (C=O) groups excluding carboxylic acids is 1. The van der Waals surface area contributed by atoms with Gasteiger partial charge < -0.3 is 14.6 Å². The van der Waals surface area contributed by atoms with E-state index in [0.717, 1.165) is 19.3 Å². The molecule has 2 fully saturated rings. The molecule has 0 amide bonds. The predicted octanol–water partition coefficient (Wildman–Crippen LogP) is 3.77. The third-order valence-corrected chi connectivity index (χ3v) is 5.62. The van der Waals surface area contributed by atoms with Crippen molar-refractivity contribution in [3.63, 3.8) is 0 Å². The van der Waals surface area contributed by atoms with Crippen molar-refractivity contribution in [1.29, 1.82) is 0 Å². The lowest BCUT2D eigenvalue weighted by molar-refractivity contribution is -0.0221. The van der Waals surface area contributed by atoms with Crippen LogP contribution in [0.4, 0.5) is 0 Å². The summed E-state index contributed by atoms with van der Waals surface area (Å²) >= 11 is 0. The number of phenols is 1. The van der Waals surface area contributed by atoms with Gasteiger partial charge in [-0.3, -0.25) is 0 Å². The molecule has 1 N–H and O–H groups in total. The summed E-state index contributed by atoms with van der Waals surface area (Å²) in [5.74, 6) is 0.599. The van der Waals surface area contributed by atoms with Crippen LogP contribution in [0, 0.1) is 16.7 Å². The first-order chi connectivity index (χ1) is 10.2. The Kier molecular flexibility index (Phi) is 3.38. The van der Waals surface area contributed by atoms with Crippen LogP contribution in [0.5, 0.6) is 11.5 Å². The second-order valence-corrected chi connectivity index (χ2v) is 7.74. The molecule has 1 aromatic rings. The van der Waals surface area contributed by atoms with E-state index in [4.69, 9.17) is 9.47 Å². The SMILES string of the molecule is COc1cc(C(=O)O[C@H]2C[C@@H]3C[C@]2(C)CC3(C)C)ccc1O. The van der Waals surface area contributed by atoms with Crippen molar-refractivity contribution in [3.05, 3.63) is 23.8 Å². The van der Waals surface area contributed by atoms with E-state index >= 15 is 0 Å². The minimum atomic E-state index is -0.338. The second-order valence-electron chi connectivity index (χ2n) is 7.74. The fourth-order valence-electron chi connectivity index (χ4n) is 4.48. The van der Waals surface area contributed by atoms with Crippen LogP contribution >= 0.6 is 0 Å². The third kappa shape index (κ3) is 2.34. The predicted molar refractivity (Wildman–Crippen MR) is 83.1 cm³/mol. The third-order valence-electron chi connectivity index (χ3n) is 5.62. The lowest BCUT2D eigenvalue weighted by Crippen LogP contribution is -2.37. The number of phenolic OH excluding ortho intramolecular Hbond substituents is 1. The van der Waals surface area contributed by atoms with Gasteiger partial charge in [-0.25, -0.2) is 4.79 Å². The molecule has 2 aliphatic carbocycles. The molecule has 2 bridgehead atoms. The highest BCUT2D eigenvalue weighted by Gasteiger charge is 2.58. The number of carbonyl (C=O) groups is 1. The molecule has 22 heavy (non-hydrogen) atoms. The van der Waals surface area contributed by atoms with E-state index in [1.807, 2.05) is 0 Å². The van der Waals surface area contributed by atoms with Crippen LogP contribution in [0.3, 0.4) is 0 Å². The highest BCUT2D eigenvalue weighted by Crippen LogP contribution is 2.63. The summed E-state index contributed by atoms with van der Waals surface area (Å²) in [4.78, 5) is 12.4. The number of aromatic hydroxyl groups is 1. The quantitative estimate of drug-likeness (QED) is 0.864. The fraction of sp³-hybridized carbons (Fsp3) is 0.611. The maximum Gasteiger partial charge on any atom is 0.338 e. The van der Waals surface area contributed by atoms with Gasteiger partial charge in [0, 0.05) is 5.41 Å². The molecule has 0 spiro atoms. The van der Waals surface area contributed by atoms with Gasteiger partial charge in [0.2, 0.25) is 0 Å². The Morgan fingerprint density at radius 2 is 2.05 bits per heavy atom. The molecule has 120 valence electrons. The Bertz CT molecular complexity index is 607. The molecular formula is C18H24O4. The van der Waals surface area contributed by atoms with Crippen molar-refractivity contribution in [2.75, 3.05) is 7.11 Å². The van der Waals surface area contributed by atoms with Gasteiger partial charge in [-0.1, -0.05) is 20.8 Å². The minimum absolute atomic E-state index is 0.0159. The van der Waals surface area contributed by atoms with Crippen LogP contribution in [-0.2, 0) is 4.74 Å². The summed E-state index contributed by atoms with van der Waals surface area (Å²) in [6.45, 7) is 6.86. The highest BCUT2D eigenvalue weighted by molar-refractivity contribution is 5.90. The first-order valence-electron chi connectivity index (χ1n) is 7.83. The van der Waals surface area contributed by atoms with Crippen molar-refractivity contribution in [1.82, 2.24) is 0 Å². The van der Waals surface area contributed by atoms with Gasteiger partial charge in [-0.05, 0) is 48.8 Å². The first kappa shape index (κ1) is 15.2. The van der Waals surface area contributed by atoms with Crippen molar-refractivity contribution < 1.29 is 19.4 Å². The van der Waals surface area contributed by atoms with E-state index in [9.17, 15) is 9.90 Å². The first-order valence-corrected chi connectivity index (χ1v) is 7.83. The van der Waals surface area contributed by atoms with E-state index in [1.54, 1.807) is 6.07 Å². The summed E-state index contributed by atoms with van der Waals surface area (Å²) in [7, 11) is 1.46. The Balaban J connectivity index is 1.74. The molecule has 2 saturated carbocycles. The zero-order valence-electron chi connectivity index (χ0n) is 13.7. The molecule has 0 aliphatic heterocycles. The monoisotopic (exact) mass is 304 g/mol. The molecule has 0 aromatic heterocycles. The van der Waals surface area contributed by atoms with Crippen molar-refractivity contribution in [2.45, 2.75) is 46.1 Å². The topological polar surface area (TPSA) is 55.8 Å². The van der Waals surface area contributed by atoms with Gasteiger partial charge in [-0.15, -0.1) is 0 Å². The Hall–Kier alpha value is -1.71. The molecule has 3 atom stereocenters. The highest BCUT2D eigenvalue weighted by atomic mass is 16.5. The fourth-order valence-corrected chi connectivity index (χ4v) is 4.48. The Morgan fingerprint density at radius 1 is 1.32 bits per heavy atom. The largest absolute Gasteiger partial charge is 0.504 e. The molecular weight excluding hydrogens is 280 g/mol. The molecule has 0 unspecified atom stereocenters. The maximum absolute atomic E-state index is 12.4. The molecule has 3 rings (SSSR count). The van der Waals surface area contributed by atoms with Gasteiger partial charge in [0.05, 0.1) is 12.7 Å². The molecule has 4 heteroatoms. The van der Waals surface area contributed by atoms with Crippen LogP contribution in [0.25, 0.3) is 0 Å². The van der Waals surface area contributed by atoms with Gasteiger partial charge in [-0.2, -0.15) is 0 Å². The van der Waals surface area contributed by atoms with Crippen LogP contribution in [0.15, 0.2) is 18.2 Å². The summed E-state index contributed by atoms with van der Waals surface area (Å²) in [5.41, 5.74) is 0.852. The maximum atomic E-state index is 12.4. The zero-order chi connectivity index (χ0) is 16.1. The normalized spacial score (nSPS) is 32.0. The average molecular weight is 304 g/mol. The van der Waals surface area contributed by atoms with Gasteiger partial charge in [0.15, 0.2) is 11.5 Å². The molecule has 1 aromatic carbocycles. The number of methoxy groups -OCH3 is 1. The van der Waals surface area contributed by atoms with Crippen LogP contribution in [0.2, 0.25) is 0 Å². The minimum Gasteiger partial charge on any atom is -0.504 e. The van der Waals surface area contributed by atoms with Gasteiger partial charge in [0.25, 0.3) is 0 Å². The average Bonchev–Trinajstić information content (AvgIpc) is 2.87. The van der Waals surface area contributed by atoms with Crippen LogP contribution in [-0.4, -0.2) is 24.3 Å². The van der Waals surface area contributed by atoms with Gasteiger partial charge in [0.1, 0.15) is 6.10 Å². The smallest absolute Gasteiger partial charge is 0.338 e. The standard InChI is InChI=1S/C18H24O4/c1-17(2)10-18(3)9-12(17)8-15(18)22-16(20)11-5-6-13(19)14(7-11)21-4/h5-7,12,15,19H,8-10H2,1-4H3/t12-,15+,18-/m1/s1. The van der Waals surface area contributed by atoms with E-state index in [0.29, 0.717) is 16.9 Å². The summed E-state index contributed by atoms with van der Waals surface area (Å²) in [6.07, 6.45) is 3.17. The van der Waals surface area contributed by atoms with Crippen LogP contribution in [0.1, 0.15) is 50.4 Å². The Labute approximate surface area is 131 Å². The lowest BCUT2D eigenvalue weighted by Gasteiger charge is -2.38. The molecule has 0 radical (unpaired) electrons. The summed E-state index contributed by atoms with van der Waals surface area (Å²) in [6, 6.07) is 4.55. The number of hydrogen-bond acceptors (Lipinski definition) is 4. The number of rotatable bonds is 3. The Morgan fingerprint density at radius 3 is 2.59 bits per heavy atom. The van der Waals surface area contributed by atoms with E-state index in [1.165, 1.54) is 19.2 Å². The van der Waals surface area contributed by atoms with Crippen molar-refractivity contribution in [2.24, 2.45) is 16.7 Å². The van der Waals surface area contributed by atoms with E-state index in [-0.39, 0.29) is 29.0 Å². The second kappa shape index (κ2) is 4.90. The number of benzene rings is 1. The van der Waals surface area contributed by atoms with E-state index in [2.05, 4.69) is 20.8 Å². The zero-order valence-corrected chi connectivity index (χ0v) is 13.7. The summed E-state index contributed by atoms with van der Waals surface area (Å²) < 4.78 is 10.8. The summed E-state index contributed by atoms with van der Waals surface area (Å²) in [5, 5.41) is 9.61. The number of fused-ring (bicyclic) bond motifs is 2. The van der Waals surface area contributed by atoms with Crippen molar-refractivity contribution in [3.8, 4) is 11.5 Å². The number of esters is 1. The lowest BCUT2D eigenvalue weighted by atomic mass is 9.71. The molecule has 2 aliphatic rings. The van der Waals surface area contributed by atoms with Gasteiger partial charge >= 0.3 is 5.97 Å².